The van der Waals surface area contributed by atoms with Crippen LogP contribution in [0.4, 0.5) is 11.4 Å². The monoisotopic (exact) mass is 311 g/mol. The second kappa shape index (κ2) is 5.02. The fourth-order valence-corrected chi connectivity index (χ4v) is 2.41. The minimum absolute atomic E-state index is 0.0760. The average Bonchev–Trinajstić information content (AvgIpc) is 2.78. The van der Waals surface area contributed by atoms with Gasteiger partial charge in [-0.05, 0) is 24.3 Å². The second-order valence-electron chi connectivity index (χ2n) is 4.74. The van der Waals surface area contributed by atoms with Gasteiger partial charge in [0.1, 0.15) is 0 Å². The molecule has 0 aromatic heterocycles. The van der Waals surface area contributed by atoms with Gasteiger partial charge in [0.25, 0.3) is 17.5 Å². The van der Waals surface area contributed by atoms with Gasteiger partial charge >= 0.3 is 0 Å². The molecule has 1 aliphatic heterocycles. The Morgan fingerprint density at radius 2 is 1.57 bits per heavy atom. The predicted octanol–water partition coefficient (Wildman–Crippen LogP) is 0.759. The molecule has 0 aliphatic carbocycles. The Morgan fingerprint density at radius 1 is 1.00 bits per heavy atom. The van der Waals surface area contributed by atoms with E-state index in [1.165, 1.54) is 12.1 Å². The number of hydrogen-bond donors (Lipinski definition) is 0. The van der Waals surface area contributed by atoms with Crippen LogP contribution in [-0.4, -0.2) is 22.7 Å². The lowest BCUT2D eigenvalue weighted by Crippen LogP contribution is -2.30. The van der Waals surface area contributed by atoms with Gasteiger partial charge in [0.2, 0.25) is 0 Å². The molecule has 0 fully saturated rings. The van der Waals surface area contributed by atoms with Crippen molar-refractivity contribution >= 4 is 29.2 Å². The van der Waals surface area contributed by atoms with Crippen molar-refractivity contribution in [3.05, 3.63) is 69.3 Å². The van der Waals surface area contributed by atoms with Gasteiger partial charge in [-0.25, -0.2) is 4.90 Å². The third-order valence-corrected chi connectivity index (χ3v) is 3.45. The molecule has 8 nitrogen and oxygen atoms in total. The van der Waals surface area contributed by atoms with Crippen molar-refractivity contribution in [2.24, 2.45) is 0 Å². The van der Waals surface area contributed by atoms with Crippen molar-refractivity contribution in [2.75, 3.05) is 4.90 Å². The lowest BCUT2D eigenvalue weighted by atomic mass is 10.1. The SMILES string of the molecule is O=C([O-])c1ccc(N2C(=O)c3ccccc3C2=O)cc1[N+](=O)[O-]. The van der Waals surface area contributed by atoms with Crippen LogP contribution in [0, 0.1) is 10.1 Å². The topological polar surface area (TPSA) is 121 Å². The minimum atomic E-state index is -1.72. The summed E-state index contributed by atoms with van der Waals surface area (Å²) in [6, 6.07) is 9.09. The van der Waals surface area contributed by atoms with E-state index >= 15 is 0 Å². The van der Waals surface area contributed by atoms with Crippen molar-refractivity contribution in [1.29, 1.82) is 0 Å². The molecule has 0 spiro atoms. The highest BCUT2D eigenvalue weighted by Gasteiger charge is 2.37. The molecule has 2 amide bonds. The number of amides is 2. The molecule has 1 aliphatic rings. The number of nitro benzene ring substituents is 1. The van der Waals surface area contributed by atoms with Crippen molar-refractivity contribution in [3.8, 4) is 0 Å². The largest absolute Gasteiger partial charge is 0.545 e. The molecule has 0 N–H and O–H groups in total. The van der Waals surface area contributed by atoms with Gasteiger partial charge in [0.05, 0.1) is 33.3 Å². The number of nitrogens with zero attached hydrogens (tertiary/aromatic N) is 2. The molecule has 0 bridgehead atoms. The minimum Gasteiger partial charge on any atom is -0.545 e. The zero-order valence-corrected chi connectivity index (χ0v) is 11.4. The Bertz CT molecular complexity index is 854. The molecule has 0 saturated heterocycles. The first-order valence-electron chi connectivity index (χ1n) is 6.39. The number of carboxylic acid groups (broad SMARTS) is 1. The molecule has 1 heterocycles. The number of benzene rings is 2. The standard InChI is InChI=1S/C15H8N2O6/c18-13-9-3-1-2-4-10(9)14(19)16(13)8-5-6-11(15(20)21)12(7-8)17(22)23/h1-7H,(H,20,21)/p-1. The number of carbonyl (C=O) groups excluding carboxylic acids is 3. The van der Waals surface area contributed by atoms with Crippen molar-refractivity contribution in [2.45, 2.75) is 0 Å². The molecule has 0 saturated carbocycles. The maximum Gasteiger partial charge on any atom is 0.280 e. The van der Waals surface area contributed by atoms with Gasteiger partial charge in [0.15, 0.2) is 0 Å². The highest BCUT2D eigenvalue weighted by atomic mass is 16.6. The molecule has 2 aromatic carbocycles. The van der Waals surface area contributed by atoms with Crippen LogP contribution in [-0.2, 0) is 0 Å². The summed E-state index contributed by atoms with van der Waals surface area (Å²) < 4.78 is 0. The second-order valence-corrected chi connectivity index (χ2v) is 4.74. The third-order valence-electron chi connectivity index (χ3n) is 3.45. The van der Waals surface area contributed by atoms with Gasteiger partial charge in [0, 0.05) is 6.07 Å². The Kier molecular flexibility index (Phi) is 3.14. The molecular formula is C15H7N2O6-. The van der Waals surface area contributed by atoms with Crippen molar-refractivity contribution < 1.29 is 24.4 Å². The summed E-state index contributed by atoms with van der Waals surface area (Å²) in [5, 5.41) is 21.9. The van der Waals surface area contributed by atoms with Crippen LogP contribution in [0.15, 0.2) is 42.5 Å². The number of hydrogen-bond acceptors (Lipinski definition) is 6. The first-order valence-corrected chi connectivity index (χ1v) is 6.39. The lowest BCUT2D eigenvalue weighted by Gasteiger charge is -2.14. The van der Waals surface area contributed by atoms with Crippen LogP contribution >= 0.6 is 0 Å². The quantitative estimate of drug-likeness (QED) is 0.468. The first-order chi connectivity index (χ1) is 10.9. The zero-order valence-electron chi connectivity index (χ0n) is 11.4. The number of rotatable bonds is 3. The number of aromatic carboxylic acids is 1. The summed E-state index contributed by atoms with van der Waals surface area (Å²) >= 11 is 0. The van der Waals surface area contributed by atoms with Gasteiger partial charge in [-0.3, -0.25) is 19.7 Å². The maximum atomic E-state index is 12.3. The van der Waals surface area contributed by atoms with Crippen LogP contribution < -0.4 is 10.0 Å². The fourth-order valence-electron chi connectivity index (χ4n) is 2.41. The maximum absolute atomic E-state index is 12.3. The smallest absolute Gasteiger partial charge is 0.280 e. The number of imide groups is 1. The summed E-state index contributed by atoms with van der Waals surface area (Å²) in [5.74, 6) is -2.96. The van der Waals surface area contributed by atoms with E-state index < -0.39 is 34.0 Å². The molecule has 0 radical (unpaired) electrons. The van der Waals surface area contributed by atoms with E-state index in [-0.39, 0.29) is 16.8 Å². The number of anilines is 1. The van der Waals surface area contributed by atoms with E-state index in [0.29, 0.717) is 0 Å². The third kappa shape index (κ3) is 2.13. The Labute approximate surface area is 128 Å². The Balaban J connectivity index is 2.12. The van der Waals surface area contributed by atoms with E-state index in [2.05, 4.69) is 0 Å². The summed E-state index contributed by atoms with van der Waals surface area (Å²) in [4.78, 5) is 46.4. The highest BCUT2D eigenvalue weighted by molar-refractivity contribution is 6.34. The molecule has 0 unspecified atom stereocenters. The van der Waals surface area contributed by atoms with Crippen molar-refractivity contribution in [1.82, 2.24) is 0 Å². The van der Waals surface area contributed by atoms with Crippen LogP contribution in [0.1, 0.15) is 31.1 Å². The molecular weight excluding hydrogens is 304 g/mol. The highest BCUT2D eigenvalue weighted by Crippen LogP contribution is 2.31. The summed E-state index contributed by atoms with van der Waals surface area (Å²) in [6.07, 6.45) is 0. The molecule has 8 heteroatoms. The number of nitro groups is 1. The summed E-state index contributed by atoms with van der Waals surface area (Å²) in [5.41, 5.74) is -1.09. The van der Waals surface area contributed by atoms with Gasteiger partial charge in [-0.15, -0.1) is 0 Å². The van der Waals surface area contributed by atoms with Gasteiger partial charge in [-0.1, -0.05) is 12.1 Å². The normalized spacial score (nSPS) is 13.1. The van der Waals surface area contributed by atoms with Crippen molar-refractivity contribution in [3.63, 3.8) is 0 Å². The first kappa shape index (κ1) is 14.4. The van der Waals surface area contributed by atoms with Gasteiger partial charge in [-0.2, -0.15) is 0 Å². The van der Waals surface area contributed by atoms with Crippen LogP contribution in [0.3, 0.4) is 0 Å². The van der Waals surface area contributed by atoms with E-state index in [4.69, 9.17) is 0 Å². The lowest BCUT2D eigenvalue weighted by molar-refractivity contribution is -0.385. The summed E-state index contributed by atoms with van der Waals surface area (Å²) in [7, 11) is 0. The zero-order chi connectivity index (χ0) is 16.7. The fraction of sp³-hybridized carbons (Fsp3) is 0. The van der Waals surface area contributed by atoms with E-state index in [9.17, 15) is 29.6 Å². The average molecular weight is 311 g/mol. The molecule has 0 atom stereocenters. The molecule has 2 aromatic rings. The van der Waals surface area contributed by atoms with Crippen LogP contribution in [0.5, 0.6) is 0 Å². The number of carboxylic acids is 1. The van der Waals surface area contributed by atoms with E-state index in [0.717, 1.165) is 23.1 Å². The van der Waals surface area contributed by atoms with Gasteiger partial charge < -0.3 is 9.90 Å². The van der Waals surface area contributed by atoms with E-state index in [1.807, 2.05) is 0 Å². The number of fused-ring (bicyclic) bond motifs is 1. The predicted molar refractivity (Wildman–Crippen MR) is 75.0 cm³/mol. The molecule has 114 valence electrons. The summed E-state index contributed by atoms with van der Waals surface area (Å²) in [6.45, 7) is 0. The number of carbonyl (C=O) groups is 3. The van der Waals surface area contributed by atoms with E-state index in [1.54, 1.807) is 12.1 Å². The van der Waals surface area contributed by atoms with Crippen LogP contribution in [0.25, 0.3) is 0 Å². The van der Waals surface area contributed by atoms with Crippen LogP contribution in [0.2, 0.25) is 0 Å². The Hall–Kier alpha value is -3.55. The molecule has 3 rings (SSSR count). The Morgan fingerprint density at radius 3 is 2.04 bits per heavy atom. The molecule has 23 heavy (non-hydrogen) atoms.